The quantitative estimate of drug-likeness (QED) is 0.819. The summed E-state index contributed by atoms with van der Waals surface area (Å²) in [4.78, 5) is 0. The number of aliphatic hydroxyl groups is 2. The third-order valence-electron chi connectivity index (χ3n) is 1.55. The van der Waals surface area contributed by atoms with Gasteiger partial charge in [-0.25, -0.2) is 0 Å². The summed E-state index contributed by atoms with van der Waals surface area (Å²) in [5.74, 6) is 0.833. The Morgan fingerprint density at radius 2 is 1.47 bits per heavy atom. The zero-order valence-electron chi connectivity index (χ0n) is 13.0. The number of ether oxygens (including phenoxy) is 1. The fraction of sp³-hybridized carbons (Fsp3) is 0.625. The SMILES string of the molecule is CC(C)C.CCC.OCOCC(O)c1ccccc1. The molecule has 0 bridgehead atoms. The molecule has 19 heavy (non-hydrogen) atoms. The van der Waals surface area contributed by atoms with Crippen molar-refractivity contribution in [2.45, 2.75) is 47.1 Å². The van der Waals surface area contributed by atoms with Gasteiger partial charge in [-0.15, -0.1) is 0 Å². The molecule has 0 fully saturated rings. The van der Waals surface area contributed by atoms with Gasteiger partial charge in [0.1, 0.15) is 12.9 Å². The van der Waals surface area contributed by atoms with Crippen molar-refractivity contribution < 1.29 is 14.9 Å². The van der Waals surface area contributed by atoms with Gasteiger partial charge in [0, 0.05) is 0 Å². The van der Waals surface area contributed by atoms with Crippen molar-refractivity contribution in [3.8, 4) is 0 Å². The van der Waals surface area contributed by atoms with Crippen LogP contribution in [0.3, 0.4) is 0 Å². The molecule has 0 saturated heterocycles. The minimum Gasteiger partial charge on any atom is -0.386 e. The Bertz CT molecular complexity index is 257. The van der Waals surface area contributed by atoms with Crippen molar-refractivity contribution in [3.05, 3.63) is 35.9 Å². The van der Waals surface area contributed by atoms with Gasteiger partial charge in [0.15, 0.2) is 0 Å². The van der Waals surface area contributed by atoms with E-state index in [1.54, 1.807) is 0 Å². The molecule has 0 saturated carbocycles. The molecular formula is C16H30O3. The third-order valence-corrected chi connectivity index (χ3v) is 1.55. The average Bonchev–Trinajstić information content (AvgIpc) is 2.37. The predicted molar refractivity (Wildman–Crippen MR) is 80.9 cm³/mol. The lowest BCUT2D eigenvalue weighted by Crippen LogP contribution is -2.07. The molecule has 0 aromatic heterocycles. The highest BCUT2D eigenvalue weighted by molar-refractivity contribution is 5.17. The maximum Gasteiger partial charge on any atom is 0.143 e. The van der Waals surface area contributed by atoms with Crippen LogP contribution in [-0.2, 0) is 4.74 Å². The molecule has 0 amide bonds. The molecule has 0 aliphatic rings. The summed E-state index contributed by atoms with van der Waals surface area (Å²) in [6.45, 7) is 10.5. The summed E-state index contributed by atoms with van der Waals surface area (Å²) >= 11 is 0. The minimum atomic E-state index is -0.654. The molecule has 0 spiro atoms. The molecule has 0 aliphatic heterocycles. The number of hydrogen-bond acceptors (Lipinski definition) is 3. The molecule has 1 unspecified atom stereocenters. The first-order chi connectivity index (χ1) is 8.99. The van der Waals surface area contributed by atoms with Crippen LogP contribution in [0.25, 0.3) is 0 Å². The molecule has 112 valence electrons. The Hall–Kier alpha value is -0.900. The van der Waals surface area contributed by atoms with E-state index in [1.807, 2.05) is 30.3 Å². The van der Waals surface area contributed by atoms with Crippen LogP contribution in [0.1, 0.15) is 52.7 Å². The van der Waals surface area contributed by atoms with E-state index in [0.29, 0.717) is 0 Å². The van der Waals surface area contributed by atoms with Crippen LogP contribution in [0, 0.1) is 5.92 Å². The van der Waals surface area contributed by atoms with E-state index in [1.165, 1.54) is 6.42 Å². The van der Waals surface area contributed by atoms with Gasteiger partial charge in [-0.05, 0) is 11.5 Å². The van der Waals surface area contributed by atoms with Crippen LogP contribution in [0.15, 0.2) is 30.3 Å². The second-order valence-corrected chi connectivity index (χ2v) is 4.87. The maximum absolute atomic E-state index is 9.42. The Labute approximate surface area is 118 Å². The fourth-order valence-corrected chi connectivity index (χ4v) is 0.936. The van der Waals surface area contributed by atoms with Gasteiger partial charge < -0.3 is 14.9 Å². The lowest BCUT2D eigenvalue weighted by atomic mass is 10.1. The van der Waals surface area contributed by atoms with Crippen LogP contribution in [0.4, 0.5) is 0 Å². The van der Waals surface area contributed by atoms with Gasteiger partial charge in [0.25, 0.3) is 0 Å². The number of benzene rings is 1. The van der Waals surface area contributed by atoms with Gasteiger partial charge >= 0.3 is 0 Å². The van der Waals surface area contributed by atoms with E-state index in [4.69, 9.17) is 5.11 Å². The molecule has 0 aliphatic carbocycles. The highest BCUT2D eigenvalue weighted by atomic mass is 16.6. The van der Waals surface area contributed by atoms with Gasteiger partial charge in [-0.3, -0.25) is 0 Å². The van der Waals surface area contributed by atoms with Crippen LogP contribution in [0.2, 0.25) is 0 Å². The summed E-state index contributed by atoms with van der Waals surface area (Å²) in [6, 6.07) is 9.19. The Morgan fingerprint density at radius 1 is 1.05 bits per heavy atom. The zero-order valence-corrected chi connectivity index (χ0v) is 13.0. The molecule has 1 aromatic carbocycles. The van der Waals surface area contributed by atoms with Crippen molar-refractivity contribution >= 4 is 0 Å². The van der Waals surface area contributed by atoms with Crippen LogP contribution in [0.5, 0.6) is 0 Å². The summed E-state index contributed by atoms with van der Waals surface area (Å²) < 4.78 is 4.66. The van der Waals surface area contributed by atoms with Crippen molar-refractivity contribution in [1.29, 1.82) is 0 Å². The van der Waals surface area contributed by atoms with E-state index in [9.17, 15) is 5.11 Å². The Kier molecular flexibility index (Phi) is 16.3. The first kappa shape index (κ1) is 20.4. The summed E-state index contributed by atoms with van der Waals surface area (Å²) in [5.41, 5.74) is 0.797. The summed E-state index contributed by atoms with van der Waals surface area (Å²) in [7, 11) is 0. The Morgan fingerprint density at radius 3 is 1.84 bits per heavy atom. The lowest BCUT2D eigenvalue weighted by Gasteiger charge is -2.09. The molecule has 2 N–H and O–H groups in total. The minimum absolute atomic E-state index is 0.126. The molecule has 0 radical (unpaired) electrons. The smallest absolute Gasteiger partial charge is 0.143 e. The molecule has 1 aromatic rings. The van der Waals surface area contributed by atoms with Crippen molar-refractivity contribution in [2.24, 2.45) is 5.92 Å². The topological polar surface area (TPSA) is 49.7 Å². The molecule has 3 nitrogen and oxygen atoms in total. The van der Waals surface area contributed by atoms with Gasteiger partial charge in [0.2, 0.25) is 0 Å². The molecule has 3 heteroatoms. The van der Waals surface area contributed by atoms with E-state index >= 15 is 0 Å². The standard InChI is InChI=1S/C9H12O3.C4H10.C3H8/c10-7-12-6-9(11)8-4-2-1-3-5-8;1-4(2)3;1-3-2/h1-5,9-11H,6-7H2;4H,1-3H3;3H2,1-2H3. The van der Waals surface area contributed by atoms with Crippen LogP contribution >= 0.6 is 0 Å². The second-order valence-electron chi connectivity index (χ2n) is 4.87. The normalized spacial score (nSPS) is 10.9. The highest BCUT2D eigenvalue weighted by Crippen LogP contribution is 2.11. The van der Waals surface area contributed by atoms with Crippen molar-refractivity contribution in [2.75, 3.05) is 13.4 Å². The van der Waals surface area contributed by atoms with Gasteiger partial charge in [-0.2, -0.15) is 0 Å². The van der Waals surface area contributed by atoms with Crippen molar-refractivity contribution in [3.63, 3.8) is 0 Å². The number of rotatable bonds is 4. The van der Waals surface area contributed by atoms with Gasteiger partial charge in [0.05, 0.1) is 6.61 Å². The monoisotopic (exact) mass is 270 g/mol. The van der Waals surface area contributed by atoms with E-state index in [-0.39, 0.29) is 13.4 Å². The van der Waals surface area contributed by atoms with E-state index < -0.39 is 6.10 Å². The van der Waals surface area contributed by atoms with Crippen molar-refractivity contribution in [1.82, 2.24) is 0 Å². The first-order valence-corrected chi connectivity index (χ1v) is 6.91. The third kappa shape index (κ3) is 17.1. The summed E-state index contributed by atoms with van der Waals surface area (Å²) in [5, 5.41) is 17.7. The molecule has 1 rings (SSSR count). The van der Waals surface area contributed by atoms with Gasteiger partial charge in [-0.1, -0.05) is 71.4 Å². The fourth-order valence-electron chi connectivity index (χ4n) is 0.936. The highest BCUT2D eigenvalue weighted by Gasteiger charge is 2.05. The molecule has 0 heterocycles. The van der Waals surface area contributed by atoms with Crippen LogP contribution < -0.4 is 0 Å². The maximum atomic E-state index is 9.42. The number of hydrogen-bond donors (Lipinski definition) is 2. The average molecular weight is 270 g/mol. The largest absolute Gasteiger partial charge is 0.386 e. The summed E-state index contributed by atoms with van der Waals surface area (Å²) in [6.07, 6.45) is 0.596. The number of aliphatic hydroxyl groups excluding tert-OH is 2. The molecular weight excluding hydrogens is 240 g/mol. The predicted octanol–water partition coefficient (Wildman–Crippen LogP) is 3.77. The Balaban J connectivity index is 0. The zero-order chi connectivity index (χ0) is 15.1. The lowest BCUT2D eigenvalue weighted by molar-refractivity contribution is -0.0422. The van der Waals surface area contributed by atoms with Crippen LogP contribution in [-0.4, -0.2) is 23.6 Å². The van der Waals surface area contributed by atoms with E-state index in [0.717, 1.165) is 11.5 Å². The first-order valence-electron chi connectivity index (χ1n) is 6.91. The molecule has 1 atom stereocenters. The second kappa shape index (κ2) is 15.2. The van der Waals surface area contributed by atoms with E-state index in [2.05, 4.69) is 39.4 Å².